The fraction of sp³-hybridized carbons (Fsp3) is 0.500. The molecule has 0 fully saturated rings. The summed E-state index contributed by atoms with van der Waals surface area (Å²) in [5, 5.41) is 29.1. The smallest absolute Gasteiger partial charge is 0.192 e. The number of rotatable bonds is 4. The van der Waals surface area contributed by atoms with E-state index in [1.165, 1.54) is 0 Å². The third kappa shape index (κ3) is 3.02. The van der Waals surface area contributed by atoms with Gasteiger partial charge in [0.25, 0.3) is 0 Å². The molecule has 3 heteroatoms. The van der Waals surface area contributed by atoms with Crippen LogP contribution in [-0.4, -0.2) is 21.4 Å². The van der Waals surface area contributed by atoms with Crippen molar-refractivity contribution >= 4 is 0 Å². The Kier molecular flexibility index (Phi) is 3.85. The second-order valence-electron chi connectivity index (χ2n) is 4.08. The van der Waals surface area contributed by atoms with Crippen LogP contribution in [0.1, 0.15) is 25.8 Å². The maximum atomic E-state index is 9.95. The first-order valence-corrected chi connectivity index (χ1v) is 5.13. The Morgan fingerprint density at radius 1 is 1.13 bits per heavy atom. The van der Waals surface area contributed by atoms with Crippen LogP contribution in [-0.2, 0) is 5.79 Å². The number of benzene rings is 1. The molecule has 0 spiro atoms. The maximum absolute atomic E-state index is 9.95. The molecule has 3 N–H and O–H groups in total. The molecule has 0 amide bonds. The third-order valence-corrected chi connectivity index (χ3v) is 2.58. The zero-order chi connectivity index (χ0) is 11.5. The first-order chi connectivity index (χ1) is 6.94. The Morgan fingerprint density at radius 2 is 1.67 bits per heavy atom. The van der Waals surface area contributed by atoms with Crippen molar-refractivity contribution in [1.82, 2.24) is 0 Å². The van der Waals surface area contributed by atoms with Crippen LogP contribution in [0.3, 0.4) is 0 Å². The van der Waals surface area contributed by atoms with E-state index in [4.69, 9.17) is 0 Å². The molecule has 0 saturated heterocycles. The molecule has 0 radical (unpaired) electrons. The summed E-state index contributed by atoms with van der Waals surface area (Å²) in [5.41, 5.74) is 0.457. The van der Waals surface area contributed by atoms with Gasteiger partial charge in [0, 0.05) is 11.5 Å². The van der Waals surface area contributed by atoms with Crippen molar-refractivity contribution in [3.05, 3.63) is 35.9 Å². The summed E-state index contributed by atoms with van der Waals surface area (Å²) in [6.45, 7) is 3.34. The first kappa shape index (κ1) is 12.2. The Hall–Kier alpha value is -0.900. The largest absolute Gasteiger partial charge is 0.393 e. The molecule has 2 atom stereocenters. The Morgan fingerprint density at radius 3 is 2.13 bits per heavy atom. The molecule has 1 rings (SSSR count). The monoisotopic (exact) mass is 210 g/mol. The SMILES string of the molecule is CC(O)CC(C)C(O)(O)c1ccccc1. The number of aliphatic hydroxyl groups excluding tert-OH is 1. The van der Waals surface area contributed by atoms with Crippen LogP contribution in [0.4, 0.5) is 0 Å². The van der Waals surface area contributed by atoms with Crippen LogP contribution in [0.2, 0.25) is 0 Å². The summed E-state index contributed by atoms with van der Waals surface area (Å²) < 4.78 is 0. The number of hydrogen-bond donors (Lipinski definition) is 3. The van der Waals surface area contributed by atoms with Crippen LogP contribution >= 0.6 is 0 Å². The molecule has 0 bridgehead atoms. The van der Waals surface area contributed by atoms with Gasteiger partial charge in [-0.2, -0.15) is 0 Å². The Balaban J connectivity index is 2.82. The number of aliphatic hydroxyl groups is 3. The molecular formula is C12H18O3. The van der Waals surface area contributed by atoms with Crippen molar-refractivity contribution in [3.63, 3.8) is 0 Å². The van der Waals surface area contributed by atoms with Crippen LogP contribution in [0, 0.1) is 5.92 Å². The van der Waals surface area contributed by atoms with Gasteiger partial charge in [0.1, 0.15) is 0 Å². The average Bonchev–Trinajstić information content (AvgIpc) is 2.18. The zero-order valence-electron chi connectivity index (χ0n) is 9.09. The van der Waals surface area contributed by atoms with Crippen molar-refractivity contribution in [2.75, 3.05) is 0 Å². The van der Waals surface area contributed by atoms with E-state index in [-0.39, 0.29) is 0 Å². The Bertz CT molecular complexity index is 293. The highest BCUT2D eigenvalue weighted by Gasteiger charge is 2.33. The molecule has 0 aliphatic heterocycles. The van der Waals surface area contributed by atoms with Crippen LogP contribution < -0.4 is 0 Å². The minimum absolute atomic E-state index is 0.349. The van der Waals surface area contributed by atoms with E-state index in [2.05, 4.69) is 0 Å². The van der Waals surface area contributed by atoms with E-state index in [9.17, 15) is 15.3 Å². The van der Waals surface area contributed by atoms with Gasteiger partial charge >= 0.3 is 0 Å². The second kappa shape index (κ2) is 4.75. The first-order valence-electron chi connectivity index (χ1n) is 5.13. The molecule has 2 unspecified atom stereocenters. The van der Waals surface area contributed by atoms with Gasteiger partial charge < -0.3 is 15.3 Å². The molecule has 3 nitrogen and oxygen atoms in total. The molecule has 84 valence electrons. The van der Waals surface area contributed by atoms with E-state index >= 15 is 0 Å². The number of hydrogen-bond acceptors (Lipinski definition) is 3. The third-order valence-electron chi connectivity index (χ3n) is 2.58. The fourth-order valence-corrected chi connectivity index (χ4v) is 1.64. The van der Waals surface area contributed by atoms with Gasteiger partial charge in [-0.05, 0) is 13.3 Å². The van der Waals surface area contributed by atoms with E-state index in [1.54, 1.807) is 38.1 Å². The van der Waals surface area contributed by atoms with Crippen molar-refractivity contribution in [1.29, 1.82) is 0 Å². The molecule has 0 heterocycles. The van der Waals surface area contributed by atoms with E-state index in [0.29, 0.717) is 12.0 Å². The van der Waals surface area contributed by atoms with Crippen LogP contribution in [0.15, 0.2) is 30.3 Å². The average molecular weight is 210 g/mol. The predicted molar refractivity (Wildman–Crippen MR) is 58.0 cm³/mol. The quantitative estimate of drug-likeness (QED) is 0.655. The summed E-state index contributed by atoms with van der Waals surface area (Å²) in [6.07, 6.45) is -0.190. The molecule has 0 aromatic heterocycles. The highest BCUT2D eigenvalue weighted by molar-refractivity contribution is 5.20. The lowest BCUT2D eigenvalue weighted by molar-refractivity contribution is -0.211. The molecule has 0 aliphatic rings. The summed E-state index contributed by atoms with van der Waals surface area (Å²) in [7, 11) is 0. The summed E-state index contributed by atoms with van der Waals surface area (Å²) in [6, 6.07) is 8.66. The molecule has 0 aliphatic carbocycles. The Labute approximate surface area is 90.0 Å². The minimum Gasteiger partial charge on any atom is -0.393 e. The molecule has 1 aromatic rings. The molecule has 1 aromatic carbocycles. The van der Waals surface area contributed by atoms with E-state index in [0.717, 1.165) is 0 Å². The highest BCUT2D eigenvalue weighted by Crippen LogP contribution is 2.29. The van der Waals surface area contributed by atoms with Gasteiger partial charge in [0.2, 0.25) is 0 Å². The van der Waals surface area contributed by atoms with Gasteiger partial charge in [0.15, 0.2) is 5.79 Å². The van der Waals surface area contributed by atoms with Gasteiger partial charge in [0.05, 0.1) is 6.10 Å². The zero-order valence-corrected chi connectivity index (χ0v) is 9.09. The molecular weight excluding hydrogens is 192 g/mol. The normalized spacial score (nSPS) is 16.1. The highest BCUT2D eigenvalue weighted by atomic mass is 16.5. The van der Waals surface area contributed by atoms with Crippen molar-refractivity contribution < 1.29 is 15.3 Å². The van der Waals surface area contributed by atoms with Crippen LogP contribution in [0.25, 0.3) is 0 Å². The van der Waals surface area contributed by atoms with Crippen molar-refractivity contribution in [3.8, 4) is 0 Å². The summed E-state index contributed by atoms with van der Waals surface area (Å²) >= 11 is 0. The topological polar surface area (TPSA) is 60.7 Å². The lowest BCUT2D eigenvalue weighted by Crippen LogP contribution is -2.34. The van der Waals surface area contributed by atoms with Crippen LogP contribution in [0.5, 0.6) is 0 Å². The lowest BCUT2D eigenvalue weighted by atomic mass is 9.89. The van der Waals surface area contributed by atoms with Gasteiger partial charge in [-0.15, -0.1) is 0 Å². The fourth-order valence-electron chi connectivity index (χ4n) is 1.64. The van der Waals surface area contributed by atoms with E-state index in [1.807, 2.05) is 6.07 Å². The maximum Gasteiger partial charge on any atom is 0.192 e. The van der Waals surface area contributed by atoms with E-state index < -0.39 is 17.8 Å². The van der Waals surface area contributed by atoms with Crippen molar-refractivity contribution in [2.24, 2.45) is 5.92 Å². The molecule has 15 heavy (non-hydrogen) atoms. The standard InChI is InChI=1S/C12H18O3/c1-9(8-10(2)13)12(14,15)11-6-4-3-5-7-11/h3-7,9-10,13-15H,8H2,1-2H3. The van der Waals surface area contributed by atoms with Crippen molar-refractivity contribution in [2.45, 2.75) is 32.2 Å². The van der Waals surface area contributed by atoms with Gasteiger partial charge in [-0.3, -0.25) is 0 Å². The second-order valence-corrected chi connectivity index (χ2v) is 4.08. The molecule has 0 saturated carbocycles. The van der Waals surface area contributed by atoms with Gasteiger partial charge in [-0.25, -0.2) is 0 Å². The lowest BCUT2D eigenvalue weighted by Gasteiger charge is -2.29. The minimum atomic E-state index is -1.88. The summed E-state index contributed by atoms with van der Waals surface area (Å²) in [4.78, 5) is 0. The van der Waals surface area contributed by atoms with Gasteiger partial charge in [-0.1, -0.05) is 37.3 Å². The predicted octanol–water partition coefficient (Wildman–Crippen LogP) is 1.23. The summed E-state index contributed by atoms with van der Waals surface area (Å²) in [5.74, 6) is -2.29.